The van der Waals surface area contributed by atoms with Gasteiger partial charge in [-0.2, -0.15) is 0 Å². The third kappa shape index (κ3) is 3.85. The Morgan fingerprint density at radius 1 is 0.677 bits per heavy atom. The molecule has 9 nitrogen and oxygen atoms in total. The van der Waals surface area contributed by atoms with Crippen LogP contribution in [0.2, 0.25) is 0 Å². The number of allylic oxidation sites excluding steroid dienone is 1. The second-order valence-electron chi connectivity index (χ2n) is 6.81. The summed E-state index contributed by atoms with van der Waals surface area (Å²) < 4.78 is 16.3. The molecule has 3 aromatic rings. The second-order valence-corrected chi connectivity index (χ2v) is 7.98. The molecule has 0 radical (unpaired) electrons. The zero-order chi connectivity index (χ0) is 22.5. The van der Waals surface area contributed by atoms with Gasteiger partial charge in [-0.05, 0) is 41.5 Å². The van der Waals surface area contributed by atoms with Crippen molar-refractivity contribution in [2.45, 2.75) is 0 Å². The number of aromatic hydroxyl groups is 4. The molecule has 31 heavy (non-hydrogen) atoms. The molecular formula is C21H15O9P. The maximum atomic E-state index is 13.3. The Hall–Kier alpha value is -3.78. The molecule has 158 valence electrons. The highest BCUT2D eigenvalue weighted by molar-refractivity contribution is 7.46. The van der Waals surface area contributed by atoms with Crippen molar-refractivity contribution in [1.82, 2.24) is 0 Å². The molecule has 6 N–H and O–H groups in total. The number of phenols is 4. The fourth-order valence-corrected chi connectivity index (χ4v) is 3.94. The van der Waals surface area contributed by atoms with E-state index in [4.69, 9.17) is 4.52 Å². The summed E-state index contributed by atoms with van der Waals surface area (Å²) in [6.07, 6.45) is 0. The molecule has 4 rings (SSSR count). The predicted molar refractivity (Wildman–Crippen MR) is 109 cm³/mol. The van der Waals surface area contributed by atoms with Crippen LogP contribution in [-0.2, 0) is 4.57 Å². The maximum absolute atomic E-state index is 13.3. The zero-order valence-electron chi connectivity index (χ0n) is 15.6. The van der Waals surface area contributed by atoms with Crippen molar-refractivity contribution in [2.24, 2.45) is 0 Å². The average Bonchev–Trinajstić information content (AvgIpc) is 2.93. The lowest BCUT2D eigenvalue weighted by Gasteiger charge is -2.15. The van der Waals surface area contributed by atoms with Crippen LogP contribution in [0, 0.1) is 0 Å². The van der Waals surface area contributed by atoms with Gasteiger partial charge in [0.25, 0.3) is 0 Å². The second kappa shape index (κ2) is 7.17. The van der Waals surface area contributed by atoms with E-state index in [1.807, 2.05) is 0 Å². The number of carbonyl (C=O) groups excluding carboxylic acids is 1. The van der Waals surface area contributed by atoms with E-state index in [0.717, 1.165) is 18.2 Å². The molecule has 0 saturated carbocycles. The van der Waals surface area contributed by atoms with Crippen molar-refractivity contribution < 1.29 is 44.1 Å². The summed E-state index contributed by atoms with van der Waals surface area (Å²) in [7, 11) is -5.06. The van der Waals surface area contributed by atoms with Crippen LogP contribution in [0.4, 0.5) is 0 Å². The Kier molecular flexibility index (Phi) is 4.74. The van der Waals surface area contributed by atoms with E-state index < -0.39 is 25.1 Å². The van der Waals surface area contributed by atoms with E-state index in [1.165, 1.54) is 36.4 Å². The molecule has 0 unspecified atom stereocenters. The van der Waals surface area contributed by atoms with Gasteiger partial charge in [-0.1, -0.05) is 12.1 Å². The first-order chi connectivity index (χ1) is 14.5. The standard InChI is InChI=1S/C21H15O9P/c22-12-3-1-10(2-4-12)18-19(11-5-13(23)7-14(24)6-11)21(26)16-8-15(25)9-17(20(16)18)30-31(27,28)29/h1-9,22-25H,(H2,27,28,29). The summed E-state index contributed by atoms with van der Waals surface area (Å²) in [6.45, 7) is 0. The van der Waals surface area contributed by atoms with Crippen LogP contribution in [0.25, 0.3) is 11.1 Å². The van der Waals surface area contributed by atoms with Gasteiger partial charge in [0.1, 0.15) is 28.7 Å². The van der Waals surface area contributed by atoms with Gasteiger partial charge in [-0.25, -0.2) is 4.57 Å². The molecule has 0 aliphatic heterocycles. The lowest BCUT2D eigenvalue weighted by molar-refractivity contribution is 0.105. The molecule has 0 aromatic heterocycles. The zero-order valence-corrected chi connectivity index (χ0v) is 16.4. The van der Waals surface area contributed by atoms with Crippen molar-refractivity contribution in [3.63, 3.8) is 0 Å². The lowest BCUT2D eigenvalue weighted by Crippen LogP contribution is -1.99. The van der Waals surface area contributed by atoms with E-state index in [0.29, 0.717) is 5.56 Å². The Balaban J connectivity index is 2.09. The highest BCUT2D eigenvalue weighted by Gasteiger charge is 2.36. The first-order valence-electron chi connectivity index (χ1n) is 8.78. The number of Topliss-reactive ketones (excluding diaryl/α,β-unsaturated/α-hetero) is 1. The molecule has 0 saturated heterocycles. The number of fused-ring (bicyclic) bond motifs is 1. The van der Waals surface area contributed by atoms with Crippen LogP contribution in [0.5, 0.6) is 28.7 Å². The number of phosphoric acid groups is 1. The number of hydrogen-bond donors (Lipinski definition) is 6. The number of phosphoric ester groups is 1. The Morgan fingerprint density at radius 2 is 1.26 bits per heavy atom. The number of rotatable bonds is 4. The van der Waals surface area contributed by atoms with Gasteiger partial charge < -0.3 is 24.9 Å². The van der Waals surface area contributed by atoms with Crippen LogP contribution in [0.3, 0.4) is 0 Å². The van der Waals surface area contributed by atoms with Crippen molar-refractivity contribution in [2.75, 3.05) is 0 Å². The molecule has 0 atom stereocenters. The quantitative estimate of drug-likeness (QED) is 0.333. The summed E-state index contributed by atoms with van der Waals surface area (Å²) in [4.78, 5) is 31.9. The van der Waals surface area contributed by atoms with E-state index >= 15 is 0 Å². The van der Waals surface area contributed by atoms with Crippen LogP contribution >= 0.6 is 7.82 Å². The SMILES string of the molecule is O=C1C(c2cc(O)cc(O)c2)=C(c2ccc(O)cc2)c2c(OP(=O)(O)O)cc(O)cc21. The third-order valence-corrected chi connectivity index (χ3v) is 5.06. The lowest BCUT2D eigenvalue weighted by atomic mass is 9.93. The predicted octanol–water partition coefficient (Wildman–Crippen LogP) is 3.14. The summed E-state index contributed by atoms with van der Waals surface area (Å²) >= 11 is 0. The van der Waals surface area contributed by atoms with E-state index in [2.05, 4.69) is 0 Å². The van der Waals surface area contributed by atoms with E-state index in [9.17, 15) is 39.6 Å². The van der Waals surface area contributed by atoms with Crippen molar-refractivity contribution in [3.8, 4) is 28.7 Å². The minimum absolute atomic E-state index is 0.00643. The van der Waals surface area contributed by atoms with Crippen molar-refractivity contribution in [1.29, 1.82) is 0 Å². The van der Waals surface area contributed by atoms with Crippen LogP contribution in [0.15, 0.2) is 54.6 Å². The molecule has 0 fully saturated rings. The van der Waals surface area contributed by atoms with Crippen molar-refractivity contribution in [3.05, 3.63) is 76.9 Å². The number of hydrogen-bond acceptors (Lipinski definition) is 7. The maximum Gasteiger partial charge on any atom is 0.524 e. The molecule has 0 spiro atoms. The van der Waals surface area contributed by atoms with Crippen LogP contribution in [0.1, 0.15) is 27.0 Å². The number of phenolic OH excluding ortho intramolecular Hbond substituents is 4. The Labute approximate surface area is 175 Å². The first kappa shape index (κ1) is 20.5. The van der Waals surface area contributed by atoms with Gasteiger partial charge in [0.2, 0.25) is 0 Å². The summed E-state index contributed by atoms with van der Waals surface area (Å²) in [6, 6.07) is 11.3. The fourth-order valence-electron chi connectivity index (χ4n) is 3.54. The topological polar surface area (TPSA) is 165 Å². The normalized spacial score (nSPS) is 13.4. The van der Waals surface area contributed by atoms with E-state index in [-0.39, 0.29) is 45.1 Å². The van der Waals surface area contributed by atoms with Gasteiger partial charge >= 0.3 is 7.82 Å². The average molecular weight is 442 g/mol. The fraction of sp³-hybridized carbons (Fsp3) is 0. The van der Waals surface area contributed by atoms with Gasteiger partial charge in [-0.3, -0.25) is 14.6 Å². The van der Waals surface area contributed by atoms with Crippen LogP contribution < -0.4 is 4.52 Å². The van der Waals surface area contributed by atoms with Gasteiger partial charge in [0.15, 0.2) is 5.78 Å². The van der Waals surface area contributed by atoms with Crippen molar-refractivity contribution >= 4 is 24.8 Å². The monoisotopic (exact) mass is 442 g/mol. The number of ketones is 1. The Morgan fingerprint density at radius 3 is 1.84 bits per heavy atom. The molecule has 1 aliphatic rings. The third-order valence-electron chi connectivity index (χ3n) is 4.62. The van der Waals surface area contributed by atoms with Gasteiger partial charge in [-0.15, -0.1) is 0 Å². The largest absolute Gasteiger partial charge is 0.524 e. The smallest absolute Gasteiger partial charge is 0.508 e. The van der Waals surface area contributed by atoms with Crippen LogP contribution in [-0.4, -0.2) is 36.0 Å². The summed E-state index contributed by atoms with van der Waals surface area (Å²) in [5, 5.41) is 39.5. The molecular weight excluding hydrogens is 427 g/mol. The van der Waals surface area contributed by atoms with Gasteiger partial charge in [0, 0.05) is 34.4 Å². The minimum Gasteiger partial charge on any atom is -0.508 e. The molecule has 3 aromatic carbocycles. The molecule has 0 heterocycles. The highest BCUT2D eigenvalue weighted by Crippen LogP contribution is 2.51. The molecule has 10 heteroatoms. The van der Waals surface area contributed by atoms with Gasteiger partial charge in [0.05, 0.1) is 0 Å². The summed E-state index contributed by atoms with van der Waals surface area (Å²) in [5.74, 6) is -2.20. The molecule has 0 bridgehead atoms. The molecule has 1 aliphatic carbocycles. The highest BCUT2D eigenvalue weighted by atomic mass is 31.2. The number of carbonyl (C=O) groups is 1. The first-order valence-corrected chi connectivity index (χ1v) is 10.3. The Bertz CT molecular complexity index is 1280. The minimum atomic E-state index is -5.06. The van der Waals surface area contributed by atoms with E-state index in [1.54, 1.807) is 0 Å². The molecule has 0 amide bonds. The summed E-state index contributed by atoms with van der Waals surface area (Å²) in [5.41, 5.74) is 0.591. The number of benzene rings is 3.